The van der Waals surface area contributed by atoms with Crippen LogP contribution in [0.5, 0.6) is 0 Å². The summed E-state index contributed by atoms with van der Waals surface area (Å²) in [6, 6.07) is 14.8. The van der Waals surface area contributed by atoms with Crippen molar-refractivity contribution in [3.8, 4) is 11.1 Å². The fraction of sp³-hybridized carbons (Fsp3) is 0.435. The van der Waals surface area contributed by atoms with Gasteiger partial charge in [0.25, 0.3) is 5.91 Å². The van der Waals surface area contributed by atoms with Crippen LogP contribution in [0.2, 0.25) is 0 Å². The molecule has 1 saturated heterocycles. The Morgan fingerprint density at radius 3 is 2.34 bits per heavy atom. The van der Waals surface area contributed by atoms with Gasteiger partial charge in [-0.25, -0.2) is 0 Å². The summed E-state index contributed by atoms with van der Waals surface area (Å²) >= 11 is 0. The van der Waals surface area contributed by atoms with E-state index in [2.05, 4.69) is 52.3 Å². The minimum Gasteiger partial charge on any atom is -0.379 e. The van der Waals surface area contributed by atoms with Crippen molar-refractivity contribution in [3.63, 3.8) is 0 Å². The highest BCUT2D eigenvalue weighted by atomic mass is 16.5. The normalized spacial score (nSPS) is 17.7. The van der Waals surface area contributed by atoms with Crippen molar-refractivity contribution in [3.05, 3.63) is 48.0 Å². The lowest BCUT2D eigenvalue weighted by atomic mass is 10.0. The number of hydrogen-bond acceptors (Lipinski definition) is 5. The predicted octanol–water partition coefficient (Wildman–Crippen LogP) is 2.62. The molecule has 2 heterocycles. The molecule has 1 amide bonds. The third-order valence-electron chi connectivity index (χ3n) is 5.62. The van der Waals surface area contributed by atoms with Crippen LogP contribution in [0.4, 0.5) is 11.4 Å². The maximum Gasteiger partial charge on any atom is 0.253 e. The number of morpholine rings is 1. The number of benzene rings is 2. The molecule has 2 aromatic rings. The summed E-state index contributed by atoms with van der Waals surface area (Å²) in [6.45, 7) is 5.49. The molecule has 0 saturated carbocycles. The van der Waals surface area contributed by atoms with Crippen LogP contribution in [0, 0.1) is 0 Å². The second kappa shape index (κ2) is 8.95. The number of rotatable bonds is 5. The van der Waals surface area contributed by atoms with Crippen molar-refractivity contribution in [2.75, 3.05) is 69.9 Å². The highest BCUT2D eigenvalue weighted by Crippen LogP contribution is 2.31. The Kier molecular flexibility index (Phi) is 6.13. The van der Waals surface area contributed by atoms with E-state index in [0.29, 0.717) is 13.2 Å². The van der Waals surface area contributed by atoms with E-state index in [1.165, 1.54) is 5.69 Å². The quantitative estimate of drug-likeness (QED) is 0.779. The van der Waals surface area contributed by atoms with E-state index in [9.17, 15) is 4.79 Å². The fourth-order valence-corrected chi connectivity index (χ4v) is 3.87. The minimum atomic E-state index is 0.0279. The Morgan fingerprint density at radius 2 is 1.62 bits per heavy atom. The van der Waals surface area contributed by atoms with Crippen molar-refractivity contribution >= 4 is 17.3 Å². The van der Waals surface area contributed by atoms with Gasteiger partial charge in [-0.15, -0.1) is 0 Å². The Hall–Kier alpha value is -2.41. The first-order valence-electron chi connectivity index (χ1n) is 10.2. The molecule has 2 aromatic carbocycles. The van der Waals surface area contributed by atoms with Crippen molar-refractivity contribution < 1.29 is 14.3 Å². The Balaban J connectivity index is 1.55. The molecule has 0 spiro atoms. The summed E-state index contributed by atoms with van der Waals surface area (Å²) in [4.78, 5) is 19.0. The largest absolute Gasteiger partial charge is 0.379 e. The summed E-state index contributed by atoms with van der Waals surface area (Å²) in [5.74, 6) is 0.0279. The first-order valence-corrected chi connectivity index (χ1v) is 10.2. The first kappa shape index (κ1) is 19.9. The van der Waals surface area contributed by atoms with Crippen LogP contribution in [0.15, 0.2) is 42.5 Å². The molecule has 2 aliphatic heterocycles. The third-order valence-corrected chi connectivity index (χ3v) is 5.62. The van der Waals surface area contributed by atoms with E-state index in [4.69, 9.17) is 9.47 Å². The molecule has 4 rings (SSSR count). The van der Waals surface area contributed by atoms with Gasteiger partial charge in [-0.3, -0.25) is 9.69 Å². The van der Waals surface area contributed by atoms with Gasteiger partial charge in [0.1, 0.15) is 6.61 Å². The summed E-state index contributed by atoms with van der Waals surface area (Å²) in [5.41, 5.74) is 5.50. The summed E-state index contributed by atoms with van der Waals surface area (Å²) in [5, 5.41) is 0. The van der Waals surface area contributed by atoms with E-state index in [0.717, 1.165) is 55.2 Å². The van der Waals surface area contributed by atoms with Gasteiger partial charge in [-0.1, -0.05) is 18.2 Å². The molecule has 1 fully saturated rings. The molecule has 0 N–H and O–H groups in total. The standard InChI is InChI=1S/C23H29N3O3/c1-24(2)21-6-3-18(4-7-21)19-5-8-22-20(15-19)16-29-17-23(27)26(22)10-9-25-11-13-28-14-12-25/h3-8,15H,9-14,16-17H2,1-2H3. The average Bonchev–Trinajstić information content (AvgIpc) is 2.90. The summed E-state index contributed by atoms with van der Waals surface area (Å²) in [6.07, 6.45) is 0. The Bertz CT molecular complexity index is 845. The molecular weight excluding hydrogens is 366 g/mol. The van der Waals surface area contributed by atoms with Gasteiger partial charge in [-0.2, -0.15) is 0 Å². The molecule has 0 bridgehead atoms. The third kappa shape index (κ3) is 4.61. The highest BCUT2D eigenvalue weighted by Gasteiger charge is 2.24. The van der Waals surface area contributed by atoms with E-state index >= 15 is 0 Å². The van der Waals surface area contributed by atoms with Gasteiger partial charge < -0.3 is 19.3 Å². The molecule has 29 heavy (non-hydrogen) atoms. The number of carbonyl (C=O) groups excluding carboxylic acids is 1. The molecule has 0 unspecified atom stereocenters. The van der Waals surface area contributed by atoms with E-state index < -0.39 is 0 Å². The zero-order valence-electron chi connectivity index (χ0n) is 17.3. The van der Waals surface area contributed by atoms with E-state index in [1.807, 2.05) is 19.0 Å². The fourth-order valence-electron chi connectivity index (χ4n) is 3.87. The van der Waals surface area contributed by atoms with Gasteiger partial charge in [0, 0.05) is 57.2 Å². The number of nitrogens with zero attached hydrogens (tertiary/aromatic N) is 3. The Labute approximate surface area is 172 Å². The van der Waals surface area contributed by atoms with Crippen LogP contribution in [-0.2, 0) is 20.9 Å². The zero-order chi connectivity index (χ0) is 20.2. The summed E-state index contributed by atoms with van der Waals surface area (Å²) < 4.78 is 11.1. The number of ether oxygens (including phenoxy) is 2. The molecule has 0 radical (unpaired) electrons. The van der Waals surface area contributed by atoms with Gasteiger partial charge in [0.2, 0.25) is 0 Å². The molecule has 0 aromatic heterocycles. The van der Waals surface area contributed by atoms with Gasteiger partial charge in [0.15, 0.2) is 0 Å². The van der Waals surface area contributed by atoms with Crippen LogP contribution >= 0.6 is 0 Å². The predicted molar refractivity (Wildman–Crippen MR) is 115 cm³/mol. The van der Waals surface area contributed by atoms with Crippen molar-refractivity contribution in [1.82, 2.24) is 4.90 Å². The number of anilines is 2. The van der Waals surface area contributed by atoms with Gasteiger partial charge in [-0.05, 0) is 35.4 Å². The Morgan fingerprint density at radius 1 is 0.897 bits per heavy atom. The van der Waals surface area contributed by atoms with Crippen LogP contribution < -0.4 is 9.80 Å². The van der Waals surface area contributed by atoms with Crippen LogP contribution in [0.25, 0.3) is 11.1 Å². The van der Waals surface area contributed by atoms with Crippen LogP contribution in [0.3, 0.4) is 0 Å². The second-order valence-electron chi connectivity index (χ2n) is 7.78. The molecule has 154 valence electrons. The lowest BCUT2D eigenvalue weighted by Gasteiger charge is -2.30. The van der Waals surface area contributed by atoms with Crippen molar-refractivity contribution in [2.24, 2.45) is 0 Å². The second-order valence-corrected chi connectivity index (χ2v) is 7.78. The number of fused-ring (bicyclic) bond motifs is 1. The topological polar surface area (TPSA) is 45.2 Å². The SMILES string of the molecule is CN(C)c1ccc(-c2ccc3c(c2)COCC(=O)N3CCN2CCOCC2)cc1. The van der Waals surface area contributed by atoms with Crippen LogP contribution in [-0.4, -0.2) is 70.9 Å². The van der Waals surface area contributed by atoms with Crippen molar-refractivity contribution in [1.29, 1.82) is 0 Å². The molecule has 0 aliphatic carbocycles. The molecular formula is C23H29N3O3. The number of carbonyl (C=O) groups is 1. The molecule has 0 atom stereocenters. The smallest absolute Gasteiger partial charge is 0.253 e. The lowest BCUT2D eigenvalue weighted by molar-refractivity contribution is -0.123. The number of amides is 1. The zero-order valence-corrected chi connectivity index (χ0v) is 17.3. The average molecular weight is 396 g/mol. The summed E-state index contributed by atoms with van der Waals surface area (Å²) in [7, 11) is 4.08. The minimum absolute atomic E-state index is 0.0279. The maximum absolute atomic E-state index is 12.7. The molecule has 6 heteroatoms. The van der Waals surface area contributed by atoms with Gasteiger partial charge in [0.05, 0.1) is 19.8 Å². The van der Waals surface area contributed by atoms with E-state index in [1.54, 1.807) is 0 Å². The van der Waals surface area contributed by atoms with Crippen molar-refractivity contribution in [2.45, 2.75) is 6.61 Å². The highest BCUT2D eigenvalue weighted by molar-refractivity contribution is 5.96. The number of hydrogen-bond donors (Lipinski definition) is 0. The van der Waals surface area contributed by atoms with E-state index in [-0.39, 0.29) is 12.5 Å². The molecule has 2 aliphatic rings. The van der Waals surface area contributed by atoms with Gasteiger partial charge >= 0.3 is 0 Å². The maximum atomic E-state index is 12.7. The van der Waals surface area contributed by atoms with Crippen LogP contribution in [0.1, 0.15) is 5.56 Å². The first-order chi connectivity index (χ1) is 14.1. The monoisotopic (exact) mass is 395 g/mol. The molecule has 6 nitrogen and oxygen atoms in total. The lowest BCUT2D eigenvalue weighted by Crippen LogP contribution is -2.43.